The highest BCUT2D eigenvalue weighted by Gasteiger charge is 2.16. The molecule has 1 amide bonds. The highest BCUT2D eigenvalue weighted by Crippen LogP contribution is 2.21. The highest BCUT2D eigenvalue weighted by atomic mass is 16.1. The van der Waals surface area contributed by atoms with Crippen LogP contribution in [-0.2, 0) is 24.2 Å². The van der Waals surface area contributed by atoms with Gasteiger partial charge in [0, 0.05) is 17.3 Å². The molecule has 1 heterocycles. The van der Waals surface area contributed by atoms with Crippen molar-refractivity contribution < 1.29 is 9.36 Å². The van der Waals surface area contributed by atoms with Crippen molar-refractivity contribution in [3.05, 3.63) is 59.4 Å². The maximum Gasteiger partial charge on any atom is 0.290 e. The minimum Gasteiger partial charge on any atom is -0.321 e. The minimum absolute atomic E-state index is 0.0204. The predicted octanol–water partition coefficient (Wildman–Crippen LogP) is 4.01. The summed E-state index contributed by atoms with van der Waals surface area (Å²) in [5.41, 5.74) is 5.03. The Morgan fingerprint density at radius 1 is 1.12 bits per heavy atom. The van der Waals surface area contributed by atoms with Crippen LogP contribution >= 0.6 is 0 Å². The number of carbonyl (C=O) groups excluding carboxylic acids is 1. The molecule has 1 aliphatic rings. The van der Waals surface area contributed by atoms with Gasteiger partial charge in [0.15, 0.2) is 12.4 Å². The summed E-state index contributed by atoms with van der Waals surface area (Å²) in [5.74, 6) is 0.577. The number of nitrogens with one attached hydrogen (secondary N) is 1. The topological polar surface area (TPSA) is 33.0 Å². The first-order chi connectivity index (χ1) is 11.7. The molecular formula is C21H27N2O+. The molecule has 3 heteroatoms. The van der Waals surface area contributed by atoms with Crippen molar-refractivity contribution in [2.75, 3.05) is 5.32 Å². The summed E-state index contributed by atoms with van der Waals surface area (Å²) in [6.07, 6.45) is 10.1. The molecule has 126 valence electrons. The van der Waals surface area contributed by atoms with Crippen LogP contribution in [0.1, 0.15) is 55.7 Å². The zero-order valence-corrected chi connectivity index (χ0v) is 14.7. The number of fused-ring (bicyclic) bond motifs is 1. The highest BCUT2D eigenvalue weighted by molar-refractivity contribution is 5.89. The maximum absolute atomic E-state index is 12.3. The van der Waals surface area contributed by atoms with Gasteiger partial charge in [-0.1, -0.05) is 26.0 Å². The SMILES string of the molecule is CC[C@@H](C)c1ccc(NC(=O)C[n+]2ccc3c(c2)CCCC3)cc1. The number of aromatic nitrogens is 1. The standard InChI is InChI=1S/C21H26N2O/c1-3-16(2)17-8-10-20(11-9-17)22-21(24)15-23-13-12-18-6-4-5-7-19(18)14-23/h8-14,16H,3-7,15H2,1-2H3/p+1/t16-/m1/s1. The molecule has 24 heavy (non-hydrogen) atoms. The van der Waals surface area contributed by atoms with E-state index < -0.39 is 0 Å². The Kier molecular flexibility index (Phi) is 5.29. The van der Waals surface area contributed by atoms with Crippen LogP contribution < -0.4 is 9.88 Å². The number of rotatable bonds is 5. The monoisotopic (exact) mass is 323 g/mol. The summed E-state index contributed by atoms with van der Waals surface area (Å²) in [6, 6.07) is 10.4. The summed E-state index contributed by atoms with van der Waals surface area (Å²) in [5, 5.41) is 2.99. The Morgan fingerprint density at radius 2 is 1.83 bits per heavy atom. The van der Waals surface area contributed by atoms with Gasteiger partial charge < -0.3 is 5.32 Å². The molecule has 0 saturated heterocycles. The van der Waals surface area contributed by atoms with Crippen molar-refractivity contribution in [3.8, 4) is 0 Å². The van der Waals surface area contributed by atoms with Crippen LogP contribution in [0.3, 0.4) is 0 Å². The van der Waals surface area contributed by atoms with Gasteiger partial charge in [0.05, 0.1) is 0 Å². The van der Waals surface area contributed by atoms with Gasteiger partial charge in [-0.15, -0.1) is 0 Å². The van der Waals surface area contributed by atoms with Gasteiger partial charge in [0.2, 0.25) is 6.54 Å². The van der Waals surface area contributed by atoms with Crippen molar-refractivity contribution in [1.82, 2.24) is 0 Å². The lowest BCUT2D eigenvalue weighted by molar-refractivity contribution is -0.684. The van der Waals surface area contributed by atoms with E-state index in [0.29, 0.717) is 12.5 Å². The number of anilines is 1. The van der Waals surface area contributed by atoms with E-state index in [0.717, 1.165) is 18.5 Å². The molecule has 0 spiro atoms. The Hall–Kier alpha value is -2.16. The summed E-state index contributed by atoms with van der Waals surface area (Å²) < 4.78 is 1.99. The van der Waals surface area contributed by atoms with Gasteiger partial charge in [0.1, 0.15) is 0 Å². The lowest BCUT2D eigenvalue weighted by atomic mass is 9.93. The molecule has 3 nitrogen and oxygen atoms in total. The number of pyridine rings is 1. The fourth-order valence-electron chi connectivity index (χ4n) is 3.31. The minimum atomic E-state index is 0.0204. The molecule has 3 rings (SSSR count). The quantitative estimate of drug-likeness (QED) is 0.829. The van der Waals surface area contributed by atoms with Gasteiger partial charge in [-0.2, -0.15) is 4.57 Å². The first-order valence-electron chi connectivity index (χ1n) is 9.06. The van der Waals surface area contributed by atoms with Crippen molar-refractivity contribution in [2.24, 2.45) is 0 Å². The van der Waals surface area contributed by atoms with E-state index >= 15 is 0 Å². The average molecular weight is 323 g/mol. The molecule has 0 radical (unpaired) electrons. The van der Waals surface area contributed by atoms with Gasteiger partial charge in [-0.25, -0.2) is 0 Å². The zero-order chi connectivity index (χ0) is 16.9. The van der Waals surface area contributed by atoms with E-state index in [4.69, 9.17) is 0 Å². The summed E-state index contributed by atoms with van der Waals surface area (Å²) in [6.45, 7) is 4.77. The summed E-state index contributed by atoms with van der Waals surface area (Å²) in [4.78, 5) is 12.3. The summed E-state index contributed by atoms with van der Waals surface area (Å²) >= 11 is 0. The molecule has 2 aromatic rings. The predicted molar refractivity (Wildman–Crippen MR) is 97.1 cm³/mol. The van der Waals surface area contributed by atoms with Crippen LogP contribution in [-0.4, -0.2) is 5.91 Å². The second-order valence-corrected chi connectivity index (χ2v) is 6.85. The summed E-state index contributed by atoms with van der Waals surface area (Å²) in [7, 11) is 0. The van der Waals surface area contributed by atoms with Crippen molar-refractivity contribution in [2.45, 2.75) is 58.4 Å². The van der Waals surface area contributed by atoms with Gasteiger partial charge in [0.25, 0.3) is 5.91 Å². The zero-order valence-electron chi connectivity index (χ0n) is 14.7. The Bertz CT molecular complexity index is 706. The van der Waals surface area contributed by atoms with Crippen molar-refractivity contribution in [1.29, 1.82) is 0 Å². The van der Waals surface area contributed by atoms with Crippen LogP contribution in [0.5, 0.6) is 0 Å². The molecule has 1 aromatic heterocycles. The molecule has 1 aromatic carbocycles. The third kappa shape index (κ3) is 4.02. The van der Waals surface area contributed by atoms with Crippen LogP contribution in [0.4, 0.5) is 5.69 Å². The number of hydrogen-bond donors (Lipinski definition) is 1. The molecule has 1 N–H and O–H groups in total. The molecule has 0 aliphatic heterocycles. The molecular weight excluding hydrogens is 296 g/mol. The molecule has 0 fully saturated rings. The normalized spacial score (nSPS) is 14.8. The molecule has 0 saturated carbocycles. The van der Waals surface area contributed by atoms with E-state index in [2.05, 4.69) is 43.6 Å². The lowest BCUT2D eigenvalue weighted by Crippen LogP contribution is -2.40. The second-order valence-electron chi connectivity index (χ2n) is 6.85. The number of aryl methyl sites for hydroxylation is 2. The smallest absolute Gasteiger partial charge is 0.290 e. The molecule has 1 atom stereocenters. The first-order valence-corrected chi connectivity index (χ1v) is 9.06. The van der Waals surface area contributed by atoms with Crippen LogP contribution in [0.25, 0.3) is 0 Å². The maximum atomic E-state index is 12.3. The van der Waals surface area contributed by atoms with E-state index in [1.54, 1.807) is 0 Å². The Morgan fingerprint density at radius 3 is 2.54 bits per heavy atom. The third-order valence-corrected chi connectivity index (χ3v) is 5.05. The second kappa shape index (κ2) is 7.61. The number of benzene rings is 1. The van der Waals surface area contributed by atoms with Gasteiger partial charge in [-0.05, 0) is 61.3 Å². The van der Waals surface area contributed by atoms with E-state index in [1.807, 2.05) is 22.9 Å². The van der Waals surface area contributed by atoms with E-state index in [1.165, 1.54) is 36.0 Å². The number of hydrogen-bond acceptors (Lipinski definition) is 1. The molecule has 0 unspecified atom stereocenters. The Balaban J connectivity index is 1.61. The van der Waals surface area contributed by atoms with Gasteiger partial charge >= 0.3 is 0 Å². The third-order valence-electron chi connectivity index (χ3n) is 5.05. The average Bonchev–Trinajstić information content (AvgIpc) is 2.61. The number of carbonyl (C=O) groups is 1. The Labute approximate surface area is 144 Å². The van der Waals surface area contributed by atoms with Crippen LogP contribution in [0.2, 0.25) is 0 Å². The largest absolute Gasteiger partial charge is 0.321 e. The van der Waals surface area contributed by atoms with E-state index in [-0.39, 0.29) is 5.91 Å². The number of amides is 1. The van der Waals surface area contributed by atoms with Gasteiger partial charge in [-0.3, -0.25) is 4.79 Å². The number of nitrogens with zero attached hydrogens (tertiary/aromatic N) is 1. The first kappa shape index (κ1) is 16.7. The van der Waals surface area contributed by atoms with Crippen molar-refractivity contribution >= 4 is 11.6 Å². The van der Waals surface area contributed by atoms with Crippen molar-refractivity contribution in [3.63, 3.8) is 0 Å². The van der Waals surface area contributed by atoms with Crippen LogP contribution in [0, 0.1) is 0 Å². The molecule has 1 aliphatic carbocycles. The van der Waals surface area contributed by atoms with Crippen LogP contribution in [0.15, 0.2) is 42.7 Å². The fraction of sp³-hybridized carbons (Fsp3) is 0.429. The lowest BCUT2D eigenvalue weighted by Gasteiger charge is -2.13. The molecule has 0 bridgehead atoms. The van der Waals surface area contributed by atoms with E-state index in [9.17, 15) is 4.79 Å². The fourth-order valence-corrected chi connectivity index (χ4v) is 3.31.